The Morgan fingerprint density at radius 1 is 1.38 bits per heavy atom. The van der Waals surface area contributed by atoms with Crippen LogP contribution in [0.5, 0.6) is 0 Å². The third-order valence-electron chi connectivity index (χ3n) is 2.69. The van der Waals surface area contributed by atoms with Gasteiger partial charge in [0.2, 0.25) is 0 Å². The number of hydrogen-bond donors (Lipinski definition) is 2. The van der Waals surface area contributed by atoms with E-state index in [4.69, 9.17) is 5.84 Å². The first-order valence-electron chi connectivity index (χ1n) is 5.66. The monoisotopic (exact) mass is 301 g/mol. The summed E-state index contributed by atoms with van der Waals surface area (Å²) in [6, 6.07) is 4.88. The van der Waals surface area contributed by atoms with Gasteiger partial charge in [0, 0.05) is 12.3 Å². The van der Waals surface area contributed by atoms with E-state index in [1.807, 2.05) is 0 Å². The number of halogens is 3. The zero-order valence-electron chi connectivity index (χ0n) is 10.5. The lowest BCUT2D eigenvalue weighted by atomic mass is 10.1. The first-order valence-corrected chi connectivity index (χ1v) is 5.66. The number of hydrogen-bond acceptors (Lipinski definition) is 5. The summed E-state index contributed by atoms with van der Waals surface area (Å²) >= 11 is 0. The number of nitrogens with zero attached hydrogens (tertiary/aromatic N) is 3. The summed E-state index contributed by atoms with van der Waals surface area (Å²) in [6.07, 6.45) is -3.33. The largest absolute Gasteiger partial charge is 0.435 e. The Kier molecular flexibility index (Phi) is 3.80. The van der Waals surface area contributed by atoms with Gasteiger partial charge < -0.3 is 5.43 Å². The van der Waals surface area contributed by atoms with Crippen molar-refractivity contribution in [3.05, 3.63) is 51.8 Å². The molecule has 7 nitrogen and oxygen atoms in total. The molecule has 1 heterocycles. The van der Waals surface area contributed by atoms with Gasteiger partial charge in [-0.1, -0.05) is 6.07 Å². The number of nitrogens with one attached hydrogen (secondary N) is 1. The second kappa shape index (κ2) is 5.40. The molecule has 3 N–H and O–H groups in total. The molecule has 2 rings (SSSR count). The fourth-order valence-corrected chi connectivity index (χ4v) is 1.74. The summed E-state index contributed by atoms with van der Waals surface area (Å²) < 4.78 is 38.4. The molecule has 1 aromatic carbocycles. The molecule has 21 heavy (non-hydrogen) atoms. The molecule has 112 valence electrons. The molecule has 0 aliphatic rings. The second-order valence-electron chi connectivity index (χ2n) is 4.15. The quantitative estimate of drug-likeness (QED) is 0.512. The average molecular weight is 301 g/mol. The summed E-state index contributed by atoms with van der Waals surface area (Å²) in [4.78, 5) is 10.1. The highest BCUT2D eigenvalue weighted by Crippen LogP contribution is 2.28. The smallest absolute Gasteiger partial charge is 0.318 e. The van der Waals surface area contributed by atoms with Crippen LogP contribution in [0.1, 0.15) is 11.3 Å². The number of benzene rings is 1. The summed E-state index contributed by atoms with van der Waals surface area (Å²) in [5.41, 5.74) is 1.55. The molecule has 2 aromatic rings. The van der Waals surface area contributed by atoms with Crippen LogP contribution >= 0.6 is 0 Å². The van der Waals surface area contributed by atoms with Crippen molar-refractivity contribution in [2.75, 3.05) is 5.43 Å². The molecule has 0 saturated carbocycles. The minimum absolute atomic E-state index is 0.0305. The lowest BCUT2D eigenvalue weighted by Crippen LogP contribution is -2.11. The van der Waals surface area contributed by atoms with E-state index >= 15 is 0 Å². The third-order valence-corrected chi connectivity index (χ3v) is 2.69. The normalized spacial score (nSPS) is 11.4. The SMILES string of the molecule is NNc1cc(Cn2ccc(C(F)(F)F)n2)ccc1[N+](=O)[O-]. The number of aromatic nitrogens is 2. The predicted octanol–water partition coefficient (Wildman–Crippen LogP) is 2.14. The van der Waals surface area contributed by atoms with E-state index < -0.39 is 16.8 Å². The van der Waals surface area contributed by atoms with Crippen LogP contribution in [0.3, 0.4) is 0 Å². The Morgan fingerprint density at radius 2 is 2.10 bits per heavy atom. The fourth-order valence-electron chi connectivity index (χ4n) is 1.74. The molecule has 1 aromatic heterocycles. The van der Waals surface area contributed by atoms with Gasteiger partial charge in [0.05, 0.1) is 11.5 Å². The highest BCUT2D eigenvalue weighted by Gasteiger charge is 2.33. The van der Waals surface area contributed by atoms with Gasteiger partial charge in [-0.25, -0.2) is 0 Å². The van der Waals surface area contributed by atoms with Crippen molar-refractivity contribution in [3.63, 3.8) is 0 Å². The number of nitro benzene ring substituents is 1. The third kappa shape index (κ3) is 3.28. The van der Waals surface area contributed by atoms with Crippen LogP contribution < -0.4 is 11.3 Å². The van der Waals surface area contributed by atoms with Crippen LogP contribution in [0.25, 0.3) is 0 Å². The van der Waals surface area contributed by atoms with Crippen LogP contribution in [0.2, 0.25) is 0 Å². The molecule has 0 atom stereocenters. The summed E-state index contributed by atoms with van der Waals surface area (Å²) in [7, 11) is 0. The number of rotatable bonds is 4. The molecule has 0 aliphatic carbocycles. The maximum atomic E-state index is 12.4. The van der Waals surface area contributed by atoms with Crippen molar-refractivity contribution in [2.24, 2.45) is 5.84 Å². The van der Waals surface area contributed by atoms with Crippen molar-refractivity contribution >= 4 is 11.4 Å². The highest BCUT2D eigenvalue weighted by molar-refractivity contribution is 5.62. The van der Waals surface area contributed by atoms with Crippen molar-refractivity contribution in [3.8, 4) is 0 Å². The molecule has 0 spiro atoms. The maximum Gasteiger partial charge on any atom is 0.435 e. The van der Waals surface area contributed by atoms with Crippen LogP contribution in [0, 0.1) is 10.1 Å². The molecule has 0 unspecified atom stereocenters. The van der Waals surface area contributed by atoms with Gasteiger partial charge in [0.1, 0.15) is 5.69 Å². The van der Waals surface area contributed by atoms with Gasteiger partial charge in [0.25, 0.3) is 5.69 Å². The molecule has 0 bridgehead atoms. The first-order chi connectivity index (χ1) is 9.81. The Hall–Kier alpha value is -2.62. The summed E-state index contributed by atoms with van der Waals surface area (Å²) in [5.74, 6) is 5.19. The molecule has 0 amide bonds. The lowest BCUT2D eigenvalue weighted by molar-refractivity contribution is -0.384. The van der Waals surface area contributed by atoms with Crippen molar-refractivity contribution in [1.29, 1.82) is 0 Å². The Labute approximate surface area is 116 Å². The fraction of sp³-hybridized carbons (Fsp3) is 0.182. The second-order valence-corrected chi connectivity index (χ2v) is 4.15. The van der Waals surface area contributed by atoms with Gasteiger partial charge in [-0.2, -0.15) is 18.3 Å². The topological polar surface area (TPSA) is 99.0 Å². The minimum atomic E-state index is -4.51. The van der Waals surface area contributed by atoms with Crippen LogP contribution in [0.4, 0.5) is 24.5 Å². The van der Waals surface area contributed by atoms with Gasteiger partial charge in [-0.15, -0.1) is 0 Å². The van der Waals surface area contributed by atoms with Crippen molar-refractivity contribution < 1.29 is 18.1 Å². The molecule has 0 fully saturated rings. The standard InChI is InChI=1S/C11H10F3N5O2/c12-11(13,14)10-3-4-18(17-10)6-7-1-2-9(19(20)21)8(5-7)16-15/h1-5,16H,6,15H2. The van der Waals surface area contributed by atoms with E-state index in [1.54, 1.807) is 0 Å². The Balaban J connectivity index is 2.24. The number of anilines is 1. The van der Waals surface area contributed by atoms with Crippen LogP contribution in [-0.4, -0.2) is 14.7 Å². The van der Waals surface area contributed by atoms with Crippen LogP contribution in [-0.2, 0) is 12.7 Å². The lowest BCUT2D eigenvalue weighted by Gasteiger charge is -2.06. The molecule has 0 saturated heterocycles. The van der Waals surface area contributed by atoms with E-state index in [1.165, 1.54) is 24.4 Å². The Bertz CT molecular complexity index is 668. The van der Waals surface area contributed by atoms with E-state index in [0.717, 1.165) is 10.7 Å². The molecular weight excluding hydrogens is 291 g/mol. The van der Waals surface area contributed by atoms with Crippen molar-refractivity contribution in [2.45, 2.75) is 12.7 Å². The number of hydrazine groups is 1. The van der Waals surface area contributed by atoms with E-state index in [9.17, 15) is 23.3 Å². The molecular formula is C11H10F3N5O2. The van der Waals surface area contributed by atoms with Gasteiger partial charge in [-0.05, 0) is 17.7 Å². The van der Waals surface area contributed by atoms with E-state index in [-0.39, 0.29) is 17.9 Å². The zero-order valence-corrected chi connectivity index (χ0v) is 10.5. The maximum absolute atomic E-state index is 12.4. The highest BCUT2D eigenvalue weighted by atomic mass is 19.4. The molecule has 0 radical (unpaired) electrons. The number of alkyl halides is 3. The van der Waals surface area contributed by atoms with Crippen molar-refractivity contribution in [1.82, 2.24) is 9.78 Å². The summed E-state index contributed by atoms with van der Waals surface area (Å²) in [6.45, 7) is 0.0305. The molecule has 10 heteroatoms. The van der Waals surface area contributed by atoms with E-state index in [0.29, 0.717) is 5.56 Å². The van der Waals surface area contributed by atoms with Gasteiger partial charge in [-0.3, -0.25) is 20.6 Å². The first kappa shape index (κ1) is 14.8. The minimum Gasteiger partial charge on any atom is -0.318 e. The van der Waals surface area contributed by atoms with E-state index in [2.05, 4.69) is 10.5 Å². The molecule has 0 aliphatic heterocycles. The van der Waals surface area contributed by atoms with Gasteiger partial charge >= 0.3 is 6.18 Å². The van der Waals surface area contributed by atoms with Gasteiger partial charge in [0.15, 0.2) is 5.69 Å². The number of nitro groups is 1. The zero-order chi connectivity index (χ0) is 15.6. The number of nitrogen functional groups attached to an aromatic ring is 1. The number of nitrogens with two attached hydrogens (primary N) is 1. The predicted molar refractivity (Wildman–Crippen MR) is 67.2 cm³/mol. The van der Waals surface area contributed by atoms with Crippen LogP contribution in [0.15, 0.2) is 30.5 Å². The Morgan fingerprint density at radius 3 is 2.62 bits per heavy atom. The summed E-state index contributed by atoms with van der Waals surface area (Å²) in [5, 5.41) is 14.1. The average Bonchev–Trinajstić information content (AvgIpc) is 2.86.